The third-order valence-electron chi connectivity index (χ3n) is 2.32. The van der Waals surface area contributed by atoms with Gasteiger partial charge in [-0.2, -0.15) is 0 Å². The number of hydrogen-bond donors (Lipinski definition) is 1. The minimum Gasteiger partial charge on any atom is -0.508 e. The molecule has 0 amide bonds. The standard InChI is InChI=1S/C8H8O.C6H6O/c1-2-8-4-3-7(1)5-9-6-8;7-6-4-2-1-3-5-6/h1-4H,5-6H2;1-5,7H. The summed E-state index contributed by atoms with van der Waals surface area (Å²) in [5.41, 5.74) is 2.55. The van der Waals surface area contributed by atoms with Gasteiger partial charge in [-0.3, -0.25) is 0 Å². The van der Waals surface area contributed by atoms with E-state index in [1.165, 1.54) is 11.1 Å². The van der Waals surface area contributed by atoms with Crippen molar-refractivity contribution in [1.29, 1.82) is 0 Å². The van der Waals surface area contributed by atoms with E-state index < -0.39 is 0 Å². The largest absolute Gasteiger partial charge is 0.508 e. The Balaban J connectivity index is 0.000000125. The molecule has 0 aliphatic carbocycles. The number of fused-ring (bicyclic) bond motifs is 4. The zero-order valence-electron chi connectivity index (χ0n) is 8.97. The van der Waals surface area contributed by atoms with Gasteiger partial charge in [0.15, 0.2) is 0 Å². The van der Waals surface area contributed by atoms with Crippen molar-refractivity contribution in [2.45, 2.75) is 13.2 Å². The zero-order chi connectivity index (χ0) is 11.2. The van der Waals surface area contributed by atoms with Crippen LogP contribution in [0.15, 0.2) is 54.6 Å². The van der Waals surface area contributed by atoms with Crippen LogP contribution in [0.2, 0.25) is 0 Å². The second-order valence-electron chi connectivity index (χ2n) is 3.64. The van der Waals surface area contributed by atoms with Crippen LogP contribution >= 0.6 is 0 Å². The van der Waals surface area contributed by atoms with Crippen molar-refractivity contribution in [3.05, 3.63) is 65.7 Å². The van der Waals surface area contributed by atoms with Crippen LogP contribution in [-0.4, -0.2) is 5.11 Å². The number of phenols is 1. The molecule has 2 aromatic rings. The summed E-state index contributed by atoms with van der Waals surface area (Å²) in [4.78, 5) is 0. The maximum absolute atomic E-state index is 8.63. The Kier molecular flexibility index (Phi) is 3.57. The maximum Gasteiger partial charge on any atom is 0.115 e. The summed E-state index contributed by atoms with van der Waals surface area (Å²) >= 11 is 0. The topological polar surface area (TPSA) is 29.5 Å². The number of aromatic hydroxyl groups is 1. The SMILES string of the molecule is Oc1ccccc1.c1cc2ccc1COC2. The highest BCUT2D eigenvalue weighted by Gasteiger charge is 2.00. The van der Waals surface area contributed by atoms with Crippen LogP contribution in [0, 0.1) is 0 Å². The number of phenolic OH excluding ortho intramolecular Hbond substituents is 1. The van der Waals surface area contributed by atoms with E-state index in [0.717, 1.165) is 13.2 Å². The number of ether oxygens (including phenoxy) is 1. The van der Waals surface area contributed by atoms with Crippen LogP contribution in [0.4, 0.5) is 0 Å². The average Bonchev–Trinajstić information content (AvgIpc) is 2.67. The van der Waals surface area contributed by atoms with E-state index >= 15 is 0 Å². The number of para-hydroxylation sites is 1. The third-order valence-corrected chi connectivity index (χ3v) is 2.32. The number of rotatable bonds is 0. The normalized spacial score (nSPS) is 12.5. The summed E-state index contributed by atoms with van der Waals surface area (Å²) in [7, 11) is 0. The molecule has 0 saturated heterocycles. The second-order valence-corrected chi connectivity index (χ2v) is 3.64. The average molecular weight is 214 g/mol. The maximum atomic E-state index is 8.63. The van der Waals surface area contributed by atoms with Crippen LogP contribution in [0.3, 0.4) is 0 Å². The molecule has 2 bridgehead atoms. The van der Waals surface area contributed by atoms with E-state index in [1.807, 2.05) is 6.07 Å². The molecule has 2 aromatic carbocycles. The van der Waals surface area contributed by atoms with E-state index in [-0.39, 0.29) is 0 Å². The van der Waals surface area contributed by atoms with Crippen LogP contribution in [0.1, 0.15) is 11.1 Å². The van der Waals surface area contributed by atoms with Crippen LogP contribution in [-0.2, 0) is 18.0 Å². The van der Waals surface area contributed by atoms with Gasteiger partial charge in [-0.15, -0.1) is 0 Å². The molecule has 4 rings (SSSR count). The van der Waals surface area contributed by atoms with Gasteiger partial charge in [-0.1, -0.05) is 42.5 Å². The molecule has 2 aliphatic heterocycles. The van der Waals surface area contributed by atoms with Gasteiger partial charge in [0.2, 0.25) is 0 Å². The molecule has 0 atom stereocenters. The molecule has 2 heterocycles. The molecule has 2 heteroatoms. The Morgan fingerprint density at radius 3 is 1.62 bits per heavy atom. The summed E-state index contributed by atoms with van der Waals surface area (Å²) in [6.45, 7) is 1.55. The monoisotopic (exact) mass is 214 g/mol. The van der Waals surface area contributed by atoms with Gasteiger partial charge in [-0.05, 0) is 23.3 Å². The van der Waals surface area contributed by atoms with Gasteiger partial charge < -0.3 is 9.84 Å². The molecular weight excluding hydrogens is 200 g/mol. The van der Waals surface area contributed by atoms with Gasteiger partial charge in [0, 0.05) is 0 Å². The van der Waals surface area contributed by atoms with Crippen molar-refractivity contribution in [2.75, 3.05) is 0 Å². The van der Waals surface area contributed by atoms with Gasteiger partial charge in [0.25, 0.3) is 0 Å². The first-order valence-corrected chi connectivity index (χ1v) is 5.24. The molecule has 82 valence electrons. The molecular formula is C14H14O2. The van der Waals surface area contributed by atoms with Crippen LogP contribution in [0.5, 0.6) is 5.75 Å². The first-order valence-electron chi connectivity index (χ1n) is 5.24. The lowest BCUT2D eigenvalue weighted by atomic mass is 10.2. The van der Waals surface area contributed by atoms with E-state index in [0.29, 0.717) is 5.75 Å². The molecule has 1 N–H and O–H groups in total. The van der Waals surface area contributed by atoms with E-state index in [1.54, 1.807) is 24.3 Å². The van der Waals surface area contributed by atoms with Crippen molar-refractivity contribution in [3.63, 3.8) is 0 Å². The molecule has 0 saturated carbocycles. The summed E-state index contributed by atoms with van der Waals surface area (Å²) in [5, 5.41) is 8.63. The number of benzene rings is 2. The summed E-state index contributed by atoms with van der Waals surface area (Å²) in [5.74, 6) is 0.322. The lowest BCUT2D eigenvalue weighted by molar-refractivity contribution is 0.111. The third kappa shape index (κ3) is 3.11. The molecule has 0 fully saturated rings. The minimum atomic E-state index is 0.322. The Hall–Kier alpha value is -1.80. The molecule has 0 unspecified atom stereocenters. The fraction of sp³-hybridized carbons (Fsp3) is 0.143. The van der Waals surface area contributed by atoms with Crippen molar-refractivity contribution >= 4 is 0 Å². The summed E-state index contributed by atoms with van der Waals surface area (Å²) < 4.78 is 5.28. The van der Waals surface area contributed by atoms with Crippen LogP contribution < -0.4 is 0 Å². The highest BCUT2D eigenvalue weighted by molar-refractivity contribution is 5.23. The predicted molar refractivity (Wildman–Crippen MR) is 63.0 cm³/mol. The first-order chi connectivity index (χ1) is 7.84. The fourth-order valence-electron chi connectivity index (χ4n) is 1.45. The molecule has 0 radical (unpaired) electrons. The lowest BCUT2D eigenvalue weighted by Gasteiger charge is -1.92. The quantitative estimate of drug-likeness (QED) is 0.730. The summed E-state index contributed by atoms with van der Waals surface area (Å²) in [6.07, 6.45) is 0. The van der Waals surface area contributed by atoms with Gasteiger partial charge in [0.05, 0.1) is 13.2 Å². The second kappa shape index (κ2) is 5.33. The van der Waals surface area contributed by atoms with Crippen molar-refractivity contribution in [3.8, 4) is 5.75 Å². The van der Waals surface area contributed by atoms with Gasteiger partial charge >= 0.3 is 0 Å². The first kappa shape index (κ1) is 10.7. The van der Waals surface area contributed by atoms with Crippen molar-refractivity contribution < 1.29 is 9.84 Å². The Morgan fingerprint density at radius 1 is 0.750 bits per heavy atom. The highest BCUT2D eigenvalue weighted by atomic mass is 16.5. The minimum absolute atomic E-state index is 0.322. The van der Waals surface area contributed by atoms with E-state index in [4.69, 9.17) is 9.84 Å². The predicted octanol–water partition coefficient (Wildman–Crippen LogP) is 3.11. The van der Waals surface area contributed by atoms with Gasteiger partial charge in [0.1, 0.15) is 5.75 Å². The van der Waals surface area contributed by atoms with E-state index in [2.05, 4.69) is 24.3 Å². The highest BCUT2D eigenvalue weighted by Crippen LogP contribution is 2.12. The molecule has 0 spiro atoms. The van der Waals surface area contributed by atoms with Crippen LogP contribution in [0.25, 0.3) is 0 Å². The number of hydrogen-bond acceptors (Lipinski definition) is 2. The molecule has 2 aliphatic rings. The van der Waals surface area contributed by atoms with Crippen molar-refractivity contribution in [1.82, 2.24) is 0 Å². The van der Waals surface area contributed by atoms with E-state index in [9.17, 15) is 0 Å². The fourth-order valence-corrected chi connectivity index (χ4v) is 1.45. The smallest absolute Gasteiger partial charge is 0.115 e. The lowest BCUT2D eigenvalue weighted by Crippen LogP contribution is -1.84. The molecule has 2 nitrogen and oxygen atoms in total. The Morgan fingerprint density at radius 2 is 1.25 bits per heavy atom. The van der Waals surface area contributed by atoms with Gasteiger partial charge in [-0.25, -0.2) is 0 Å². The molecule has 16 heavy (non-hydrogen) atoms. The Bertz CT molecular complexity index is 397. The Labute approximate surface area is 95.1 Å². The van der Waals surface area contributed by atoms with Crippen molar-refractivity contribution in [2.24, 2.45) is 0 Å². The summed E-state index contributed by atoms with van der Waals surface area (Å²) in [6, 6.07) is 17.2. The zero-order valence-corrected chi connectivity index (χ0v) is 8.97. The molecule has 0 aromatic heterocycles.